The van der Waals surface area contributed by atoms with E-state index in [9.17, 15) is 4.79 Å². The summed E-state index contributed by atoms with van der Waals surface area (Å²) in [5.74, 6) is 1.41. The maximum absolute atomic E-state index is 12.3. The number of hydrogen-bond acceptors (Lipinski definition) is 4. The third-order valence-corrected chi connectivity index (χ3v) is 3.95. The molecule has 1 heterocycles. The van der Waals surface area contributed by atoms with Crippen LogP contribution >= 0.6 is 15.9 Å². The first-order chi connectivity index (χ1) is 11.2. The van der Waals surface area contributed by atoms with Crippen molar-refractivity contribution in [3.8, 4) is 11.5 Å². The zero-order chi connectivity index (χ0) is 16.2. The Hall–Kier alpha value is -2.11. The fourth-order valence-electron chi connectivity index (χ4n) is 2.35. The van der Waals surface area contributed by atoms with E-state index in [1.165, 1.54) is 0 Å². The lowest BCUT2D eigenvalue weighted by Crippen LogP contribution is -2.12. The third-order valence-electron chi connectivity index (χ3n) is 3.49. The molecule has 3 rings (SSSR count). The topological polar surface area (TPSA) is 44.8 Å². The fraction of sp³-hybridized carbons (Fsp3) is 0.167. The summed E-state index contributed by atoms with van der Waals surface area (Å²) < 4.78 is 16.8. The molecule has 1 aliphatic rings. The monoisotopic (exact) mass is 374 g/mol. The second kappa shape index (κ2) is 6.98. The van der Waals surface area contributed by atoms with E-state index in [0.717, 1.165) is 27.1 Å². The Labute approximate surface area is 142 Å². The number of methoxy groups -OCH3 is 1. The summed E-state index contributed by atoms with van der Waals surface area (Å²) >= 11 is 3.47. The first-order valence-corrected chi connectivity index (χ1v) is 7.86. The molecule has 0 fully saturated rings. The minimum absolute atomic E-state index is 0.0755. The van der Waals surface area contributed by atoms with E-state index in [1.54, 1.807) is 43.5 Å². The molecule has 0 bridgehead atoms. The Balaban J connectivity index is 1.84. The van der Waals surface area contributed by atoms with Gasteiger partial charge in [-0.05, 0) is 48.6 Å². The van der Waals surface area contributed by atoms with Crippen molar-refractivity contribution in [1.82, 2.24) is 0 Å². The number of carbonyl (C=O) groups excluding carboxylic acids is 1. The van der Waals surface area contributed by atoms with Gasteiger partial charge in [-0.25, -0.2) is 0 Å². The third kappa shape index (κ3) is 3.63. The van der Waals surface area contributed by atoms with Gasteiger partial charge in [0.25, 0.3) is 0 Å². The molecule has 0 unspecified atom stereocenters. The smallest absolute Gasteiger partial charge is 0.189 e. The van der Waals surface area contributed by atoms with Gasteiger partial charge in [0, 0.05) is 21.2 Å². The van der Waals surface area contributed by atoms with Crippen molar-refractivity contribution in [2.45, 2.75) is 6.61 Å². The van der Waals surface area contributed by atoms with Crippen molar-refractivity contribution in [1.29, 1.82) is 0 Å². The summed E-state index contributed by atoms with van der Waals surface area (Å²) in [7, 11) is 1.59. The van der Waals surface area contributed by atoms with E-state index >= 15 is 0 Å². The molecular formula is C18H15BrO4. The number of carbonyl (C=O) groups is 1. The number of rotatable bonds is 4. The van der Waals surface area contributed by atoms with Crippen molar-refractivity contribution in [2.75, 3.05) is 13.9 Å². The van der Waals surface area contributed by atoms with Gasteiger partial charge in [-0.15, -0.1) is 0 Å². The lowest BCUT2D eigenvalue weighted by molar-refractivity contribution is -0.0165. The fourth-order valence-corrected chi connectivity index (χ4v) is 2.87. The summed E-state index contributed by atoms with van der Waals surface area (Å²) in [6, 6.07) is 10.9. The molecule has 0 aromatic heterocycles. The Morgan fingerprint density at radius 3 is 2.78 bits per heavy atom. The predicted octanol–water partition coefficient (Wildman–Crippen LogP) is 4.22. The van der Waals surface area contributed by atoms with Crippen LogP contribution < -0.4 is 9.47 Å². The van der Waals surface area contributed by atoms with Crippen molar-refractivity contribution >= 4 is 27.8 Å². The lowest BCUT2D eigenvalue weighted by Gasteiger charge is -2.20. The summed E-state index contributed by atoms with van der Waals surface area (Å²) in [5.41, 5.74) is 2.41. The normalized spacial score (nSPS) is 13.5. The standard InChI is InChI=1S/C18H15BrO4/c1-21-16-5-2-12(3-6-16)17(20)7-4-13-8-15(19)9-14-10-22-11-23-18(13)14/h2-9H,10-11H2,1H3. The van der Waals surface area contributed by atoms with Crippen LogP contribution in [0.15, 0.2) is 46.9 Å². The highest BCUT2D eigenvalue weighted by molar-refractivity contribution is 9.10. The molecule has 0 N–H and O–H groups in total. The van der Waals surface area contributed by atoms with Gasteiger partial charge in [-0.3, -0.25) is 4.79 Å². The number of benzene rings is 2. The molecule has 0 amide bonds. The SMILES string of the molecule is COc1ccc(C(=O)C=Cc2cc(Br)cc3c2OCOC3)cc1. The van der Waals surface area contributed by atoms with Gasteiger partial charge >= 0.3 is 0 Å². The molecule has 0 atom stereocenters. The average molecular weight is 375 g/mol. The quantitative estimate of drug-likeness (QED) is 0.593. The van der Waals surface area contributed by atoms with Crippen molar-refractivity contribution in [3.05, 3.63) is 63.6 Å². The second-order valence-corrected chi connectivity index (χ2v) is 5.94. The Morgan fingerprint density at radius 1 is 1.26 bits per heavy atom. The van der Waals surface area contributed by atoms with Gasteiger partial charge in [-0.1, -0.05) is 15.9 Å². The number of allylic oxidation sites excluding steroid dienone is 1. The van der Waals surface area contributed by atoms with E-state index in [1.807, 2.05) is 12.1 Å². The zero-order valence-electron chi connectivity index (χ0n) is 12.5. The van der Waals surface area contributed by atoms with Gasteiger partial charge in [0.05, 0.1) is 13.7 Å². The van der Waals surface area contributed by atoms with Crippen molar-refractivity contribution in [2.24, 2.45) is 0 Å². The van der Waals surface area contributed by atoms with Crippen LogP contribution in [0.25, 0.3) is 6.08 Å². The van der Waals surface area contributed by atoms with Crippen LogP contribution in [0.5, 0.6) is 11.5 Å². The molecule has 0 aliphatic carbocycles. The van der Waals surface area contributed by atoms with Crippen LogP contribution in [-0.4, -0.2) is 19.7 Å². The van der Waals surface area contributed by atoms with Crippen LogP contribution in [0, 0.1) is 0 Å². The molecule has 2 aromatic carbocycles. The molecule has 0 saturated heterocycles. The largest absolute Gasteiger partial charge is 0.497 e. The number of halogens is 1. The molecule has 0 saturated carbocycles. The summed E-state index contributed by atoms with van der Waals surface area (Å²) in [5, 5.41) is 0. The maximum atomic E-state index is 12.3. The first-order valence-electron chi connectivity index (χ1n) is 7.07. The first kappa shape index (κ1) is 15.8. The zero-order valence-corrected chi connectivity index (χ0v) is 14.1. The molecule has 0 radical (unpaired) electrons. The summed E-state index contributed by atoms with van der Waals surface area (Å²) in [6.07, 6.45) is 3.31. The molecular weight excluding hydrogens is 360 g/mol. The number of fused-ring (bicyclic) bond motifs is 1. The van der Waals surface area contributed by atoms with Gasteiger partial charge in [0.2, 0.25) is 0 Å². The van der Waals surface area contributed by atoms with Crippen LogP contribution in [0.1, 0.15) is 21.5 Å². The van der Waals surface area contributed by atoms with E-state index in [0.29, 0.717) is 12.2 Å². The van der Waals surface area contributed by atoms with Crippen LogP contribution in [0.4, 0.5) is 0 Å². The van der Waals surface area contributed by atoms with Gasteiger partial charge in [-0.2, -0.15) is 0 Å². The highest BCUT2D eigenvalue weighted by Crippen LogP contribution is 2.32. The van der Waals surface area contributed by atoms with E-state index in [2.05, 4.69) is 15.9 Å². The van der Waals surface area contributed by atoms with Crippen LogP contribution in [-0.2, 0) is 11.3 Å². The Bertz CT molecular complexity index is 750. The molecule has 23 heavy (non-hydrogen) atoms. The minimum Gasteiger partial charge on any atom is -0.497 e. The highest BCUT2D eigenvalue weighted by Gasteiger charge is 2.15. The van der Waals surface area contributed by atoms with E-state index < -0.39 is 0 Å². The summed E-state index contributed by atoms with van der Waals surface area (Å²) in [6.45, 7) is 0.726. The molecule has 118 valence electrons. The molecule has 4 nitrogen and oxygen atoms in total. The number of ether oxygens (including phenoxy) is 3. The minimum atomic E-state index is -0.0755. The average Bonchev–Trinajstić information content (AvgIpc) is 2.59. The second-order valence-electron chi connectivity index (χ2n) is 5.02. The van der Waals surface area contributed by atoms with Crippen molar-refractivity contribution in [3.63, 3.8) is 0 Å². The molecule has 0 spiro atoms. The molecule has 2 aromatic rings. The van der Waals surface area contributed by atoms with Crippen molar-refractivity contribution < 1.29 is 19.0 Å². The van der Waals surface area contributed by atoms with Gasteiger partial charge in [0.1, 0.15) is 11.5 Å². The van der Waals surface area contributed by atoms with Crippen LogP contribution in [0.2, 0.25) is 0 Å². The number of hydrogen-bond donors (Lipinski definition) is 0. The predicted molar refractivity (Wildman–Crippen MR) is 90.8 cm³/mol. The lowest BCUT2D eigenvalue weighted by atomic mass is 10.1. The van der Waals surface area contributed by atoms with Gasteiger partial charge in [0.15, 0.2) is 12.6 Å². The molecule has 5 heteroatoms. The highest BCUT2D eigenvalue weighted by atomic mass is 79.9. The van der Waals surface area contributed by atoms with E-state index in [-0.39, 0.29) is 12.6 Å². The maximum Gasteiger partial charge on any atom is 0.189 e. The van der Waals surface area contributed by atoms with E-state index in [4.69, 9.17) is 14.2 Å². The number of ketones is 1. The summed E-state index contributed by atoms with van der Waals surface area (Å²) in [4.78, 5) is 12.3. The van der Waals surface area contributed by atoms with Gasteiger partial charge < -0.3 is 14.2 Å². The molecule has 1 aliphatic heterocycles. The van der Waals surface area contributed by atoms with Crippen LogP contribution in [0.3, 0.4) is 0 Å². The Kier molecular flexibility index (Phi) is 4.79. The Morgan fingerprint density at radius 2 is 2.04 bits per heavy atom.